The van der Waals surface area contributed by atoms with E-state index in [4.69, 9.17) is 5.73 Å². The van der Waals surface area contributed by atoms with Gasteiger partial charge in [0.2, 0.25) is 0 Å². The van der Waals surface area contributed by atoms with Gasteiger partial charge in [-0.25, -0.2) is 0 Å². The van der Waals surface area contributed by atoms with Crippen LogP contribution in [0.15, 0.2) is 54.9 Å². The Morgan fingerprint density at radius 2 is 1.89 bits per heavy atom. The molecule has 1 heterocycles. The lowest BCUT2D eigenvalue weighted by Gasteiger charge is -2.30. The average Bonchev–Trinajstić information content (AvgIpc) is 2.41. The molecule has 1 atom stereocenters. The molecule has 0 saturated carbocycles. The van der Waals surface area contributed by atoms with Gasteiger partial charge in [-0.2, -0.15) is 0 Å². The van der Waals surface area contributed by atoms with Gasteiger partial charge in [-0.05, 0) is 30.0 Å². The molecule has 0 aliphatic rings. The molecule has 2 aromatic rings. The van der Waals surface area contributed by atoms with E-state index in [2.05, 4.69) is 42.2 Å². The molecule has 0 saturated heterocycles. The monoisotopic (exact) mass is 240 g/mol. The van der Waals surface area contributed by atoms with Gasteiger partial charge in [0.25, 0.3) is 0 Å². The highest BCUT2D eigenvalue weighted by Crippen LogP contribution is 2.27. The third kappa shape index (κ3) is 2.96. The lowest BCUT2D eigenvalue weighted by molar-refractivity contribution is 0.400. The standard InChI is InChI=1S/C16H20N2/c1-2-10-16(17,15-8-4-3-5-9-15)12-14-7-6-11-18-13-14/h3-9,11,13H,2,10,12,17H2,1H3. The van der Waals surface area contributed by atoms with Crippen LogP contribution in [0.5, 0.6) is 0 Å². The Labute approximate surface area is 109 Å². The second kappa shape index (κ2) is 5.78. The van der Waals surface area contributed by atoms with Gasteiger partial charge in [0.05, 0.1) is 0 Å². The summed E-state index contributed by atoms with van der Waals surface area (Å²) in [5.41, 5.74) is 8.74. The first-order valence-corrected chi connectivity index (χ1v) is 6.48. The molecule has 2 nitrogen and oxygen atoms in total. The number of rotatable bonds is 5. The van der Waals surface area contributed by atoms with Gasteiger partial charge in [-0.3, -0.25) is 4.98 Å². The van der Waals surface area contributed by atoms with E-state index in [1.54, 1.807) is 6.20 Å². The van der Waals surface area contributed by atoms with E-state index in [1.807, 2.05) is 18.3 Å². The van der Waals surface area contributed by atoms with Gasteiger partial charge < -0.3 is 5.73 Å². The molecular formula is C16H20N2. The molecule has 0 radical (unpaired) electrons. The summed E-state index contributed by atoms with van der Waals surface area (Å²) in [4.78, 5) is 4.17. The number of hydrogen-bond donors (Lipinski definition) is 1. The molecule has 0 amide bonds. The van der Waals surface area contributed by atoms with Crippen LogP contribution in [0.1, 0.15) is 30.9 Å². The van der Waals surface area contributed by atoms with Crippen molar-refractivity contribution >= 4 is 0 Å². The summed E-state index contributed by atoms with van der Waals surface area (Å²) in [5, 5.41) is 0. The summed E-state index contributed by atoms with van der Waals surface area (Å²) >= 11 is 0. The van der Waals surface area contributed by atoms with Gasteiger partial charge in [0, 0.05) is 17.9 Å². The minimum absolute atomic E-state index is 0.293. The maximum Gasteiger partial charge on any atom is 0.0450 e. The van der Waals surface area contributed by atoms with Crippen LogP contribution in [0.25, 0.3) is 0 Å². The highest BCUT2D eigenvalue weighted by Gasteiger charge is 2.26. The molecule has 0 aliphatic heterocycles. The third-order valence-electron chi connectivity index (χ3n) is 3.29. The predicted molar refractivity (Wildman–Crippen MR) is 75.2 cm³/mol. The molecule has 1 aromatic carbocycles. The Morgan fingerprint density at radius 1 is 1.11 bits per heavy atom. The molecule has 1 aromatic heterocycles. The lowest BCUT2D eigenvalue weighted by atomic mass is 9.81. The van der Waals surface area contributed by atoms with Crippen LogP contribution in [0.2, 0.25) is 0 Å². The van der Waals surface area contributed by atoms with Crippen LogP contribution in [0.4, 0.5) is 0 Å². The van der Waals surface area contributed by atoms with Gasteiger partial charge in [0.1, 0.15) is 0 Å². The number of aromatic nitrogens is 1. The predicted octanol–water partition coefficient (Wildman–Crippen LogP) is 3.28. The van der Waals surface area contributed by atoms with Crippen molar-refractivity contribution in [3.63, 3.8) is 0 Å². The summed E-state index contributed by atoms with van der Waals surface area (Å²) in [7, 11) is 0. The van der Waals surface area contributed by atoms with Crippen molar-refractivity contribution in [2.45, 2.75) is 31.7 Å². The Bertz CT molecular complexity index is 467. The Hall–Kier alpha value is -1.67. The smallest absolute Gasteiger partial charge is 0.0450 e. The fourth-order valence-electron chi connectivity index (χ4n) is 2.42. The molecule has 0 bridgehead atoms. The second-order valence-electron chi connectivity index (χ2n) is 4.81. The quantitative estimate of drug-likeness (QED) is 0.871. The molecule has 2 heteroatoms. The first-order valence-electron chi connectivity index (χ1n) is 6.48. The minimum Gasteiger partial charge on any atom is -0.321 e. The van der Waals surface area contributed by atoms with Crippen molar-refractivity contribution in [3.8, 4) is 0 Å². The van der Waals surface area contributed by atoms with E-state index in [1.165, 1.54) is 11.1 Å². The zero-order valence-electron chi connectivity index (χ0n) is 10.8. The van der Waals surface area contributed by atoms with E-state index in [0.29, 0.717) is 0 Å². The molecule has 0 fully saturated rings. The number of nitrogens with zero attached hydrogens (tertiary/aromatic N) is 1. The summed E-state index contributed by atoms with van der Waals surface area (Å²) in [5.74, 6) is 0. The topological polar surface area (TPSA) is 38.9 Å². The molecule has 2 rings (SSSR count). The summed E-state index contributed by atoms with van der Waals surface area (Å²) < 4.78 is 0. The number of pyridine rings is 1. The van der Waals surface area contributed by atoms with Crippen molar-refractivity contribution in [2.24, 2.45) is 5.73 Å². The molecule has 0 aliphatic carbocycles. The van der Waals surface area contributed by atoms with Crippen molar-refractivity contribution < 1.29 is 0 Å². The van der Waals surface area contributed by atoms with Crippen LogP contribution in [0, 0.1) is 0 Å². The van der Waals surface area contributed by atoms with Crippen LogP contribution in [-0.2, 0) is 12.0 Å². The Morgan fingerprint density at radius 3 is 2.50 bits per heavy atom. The maximum absolute atomic E-state index is 6.63. The largest absolute Gasteiger partial charge is 0.321 e. The van der Waals surface area contributed by atoms with E-state index in [9.17, 15) is 0 Å². The summed E-state index contributed by atoms with van der Waals surface area (Å²) in [6.07, 6.45) is 6.58. The first-order chi connectivity index (χ1) is 8.74. The second-order valence-corrected chi connectivity index (χ2v) is 4.81. The van der Waals surface area contributed by atoms with Crippen molar-refractivity contribution in [2.75, 3.05) is 0 Å². The maximum atomic E-state index is 6.63. The van der Waals surface area contributed by atoms with Gasteiger partial charge >= 0.3 is 0 Å². The van der Waals surface area contributed by atoms with Crippen molar-refractivity contribution in [1.29, 1.82) is 0 Å². The zero-order chi connectivity index (χ0) is 12.8. The fraction of sp³-hybridized carbons (Fsp3) is 0.312. The van der Waals surface area contributed by atoms with Crippen LogP contribution >= 0.6 is 0 Å². The van der Waals surface area contributed by atoms with Crippen LogP contribution in [-0.4, -0.2) is 4.98 Å². The molecule has 94 valence electrons. The summed E-state index contributed by atoms with van der Waals surface area (Å²) in [6, 6.07) is 14.4. The Kier molecular flexibility index (Phi) is 4.11. The SMILES string of the molecule is CCCC(N)(Cc1cccnc1)c1ccccc1. The van der Waals surface area contributed by atoms with E-state index < -0.39 is 0 Å². The summed E-state index contributed by atoms with van der Waals surface area (Å²) in [6.45, 7) is 2.17. The Balaban J connectivity index is 2.27. The van der Waals surface area contributed by atoms with Gasteiger partial charge in [-0.1, -0.05) is 49.7 Å². The molecule has 0 spiro atoms. The molecular weight excluding hydrogens is 220 g/mol. The van der Waals surface area contributed by atoms with Crippen molar-refractivity contribution in [3.05, 3.63) is 66.0 Å². The average molecular weight is 240 g/mol. The molecule has 18 heavy (non-hydrogen) atoms. The van der Waals surface area contributed by atoms with Crippen LogP contribution < -0.4 is 5.73 Å². The van der Waals surface area contributed by atoms with E-state index >= 15 is 0 Å². The highest BCUT2D eigenvalue weighted by atomic mass is 14.7. The minimum atomic E-state index is -0.293. The molecule has 2 N–H and O–H groups in total. The third-order valence-corrected chi connectivity index (χ3v) is 3.29. The first kappa shape index (κ1) is 12.8. The van der Waals surface area contributed by atoms with Gasteiger partial charge in [-0.15, -0.1) is 0 Å². The highest BCUT2D eigenvalue weighted by molar-refractivity contribution is 5.27. The number of nitrogens with two attached hydrogens (primary N) is 1. The lowest BCUT2D eigenvalue weighted by Crippen LogP contribution is -2.38. The number of hydrogen-bond acceptors (Lipinski definition) is 2. The van der Waals surface area contributed by atoms with E-state index in [-0.39, 0.29) is 5.54 Å². The van der Waals surface area contributed by atoms with Crippen LogP contribution in [0.3, 0.4) is 0 Å². The van der Waals surface area contributed by atoms with Crippen molar-refractivity contribution in [1.82, 2.24) is 4.98 Å². The number of benzene rings is 1. The molecule has 1 unspecified atom stereocenters. The normalized spacial score (nSPS) is 14.1. The van der Waals surface area contributed by atoms with Gasteiger partial charge in [0.15, 0.2) is 0 Å². The zero-order valence-corrected chi connectivity index (χ0v) is 10.8. The van der Waals surface area contributed by atoms with E-state index in [0.717, 1.165) is 19.3 Å². The fourth-order valence-corrected chi connectivity index (χ4v) is 2.42.